The van der Waals surface area contributed by atoms with E-state index in [0.717, 1.165) is 35.1 Å². The molecule has 0 spiro atoms. The molecule has 34 heavy (non-hydrogen) atoms. The lowest BCUT2D eigenvalue weighted by Gasteiger charge is -2.24. The highest BCUT2D eigenvalue weighted by molar-refractivity contribution is 5.83. The van der Waals surface area contributed by atoms with Gasteiger partial charge in [-0.1, -0.05) is 30.3 Å². The minimum Gasteiger partial charge on any atom is -0.479 e. The van der Waals surface area contributed by atoms with E-state index in [0.29, 0.717) is 38.9 Å². The first kappa shape index (κ1) is 24.6. The summed E-state index contributed by atoms with van der Waals surface area (Å²) in [5.74, 6) is -0.0403. The summed E-state index contributed by atoms with van der Waals surface area (Å²) in [5, 5.41) is 9.57. The molecule has 1 saturated heterocycles. The molecule has 0 aliphatic carbocycles. The van der Waals surface area contributed by atoms with Gasteiger partial charge >= 0.3 is 0 Å². The SMILES string of the molecule is COc1ncnc2c(CCN(CCO)C[C@H]3COC(C)(C)O3)cn(COCc3ccccc3)c12. The summed E-state index contributed by atoms with van der Waals surface area (Å²) in [6.07, 6.45) is 4.32. The Kier molecular flexibility index (Phi) is 8.12. The highest BCUT2D eigenvalue weighted by atomic mass is 16.7. The number of aliphatic hydroxyl groups is 1. The maximum atomic E-state index is 9.57. The number of fused-ring (bicyclic) bond motifs is 1. The van der Waals surface area contributed by atoms with Crippen LogP contribution >= 0.6 is 0 Å². The van der Waals surface area contributed by atoms with E-state index in [2.05, 4.69) is 21.1 Å². The zero-order chi connectivity index (χ0) is 24.0. The van der Waals surface area contributed by atoms with E-state index in [4.69, 9.17) is 18.9 Å². The molecule has 0 unspecified atom stereocenters. The van der Waals surface area contributed by atoms with Gasteiger partial charge in [-0.2, -0.15) is 4.98 Å². The lowest BCUT2D eigenvalue weighted by molar-refractivity contribution is -0.140. The zero-order valence-electron chi connectivity index (χ0n) is 20.1. The Hall–Kier alpha value is -2.56. The first-order chi connectivity index (χ1) is 16.5. The van der Waals surface area contributed by atoms with Gasteiger partial charge in [0.05, 0.1) is 38.6 Å². The number of hydrogen-bond donors (Lipinski definition) is 1. The number of nitrogens with zero attached hydrogens (tertiary/aromatic N) is 4. The highest BCUT2D eigenvalue weighted by Crippen LogP contribution is 2.27. The van der Waals surface area contributed by atoms with E-state index in [-0.39, 0.29) is 12.7 Å². The third kappa shape index (κ3) is 6.11. The van der Waals surface area contributed by atoms with Gasteiger partial charge in [0.15, 0.2) is 5.79 Å². The molecule has 0 saturated carbocycles. The van der Waals surface area contributed by atoms with Crippen molar-refractivity contribution in [1.29, 1.82) is 0 Å². The van der Waals surface area contributed by atoms with Gasteiger partial charge in [0.2, 0.25) is 5.88 Å². The summed E-state index contributed by atoms with van der Waals surface area (Å²) < 4.78 is 25.1. The zero-order valence-corrected chi connectivity index (χ0v) is 20.1. The molecule has 1 aliphatic rings. The molecule has 184 valence electrons. The molecule has 3 heterocycles. The summed E-state index contributed by atoms with van der Waals surface area (Å²) in [5.41, 5.74) is 3.85. The van der Waals surface area contributed by atoms with E-state index >= 15 is 0 Å². The molecule has 3 aromatic rings. The van der Waals surface area contributed by atoms with Crippen LogP contribution in [0.1, 0.15) is 25.0 Å². The second-order valence-corrected chi connectivity index (χ2v) is 8.89. The molecule has 1 atom stereocenters. The normalized spacial score (nSPS) is 17.6. The molecular weight excluding hydrogens is 436 g/mol. The van der Waals surface area contributed by atoms with E-state index in [1.807, 2.05) is 48.7 Å². The third-order valence-electron chi connectivity index (χ3n) is 5.87. The van der Waals surface area contributed by atoms with Crippen LogP contribution in [0.4, 0.5) is 0 Å². The summed E-state index contributed by atoms with van der Waals surface area (Å²) in [6.45, 7) is 7.36. The van der Waals surface area contributed by atoms with E-state index in [1.165, 1.54) is 6.33 Å². The maximum Gasteiger partial charge on any atom is 0.241 e. The van der Waals surface area contributed by atoms with Crippen molar-refractivity contribution in [3.63, 3.8) is 0 Å². The third-order valence-corrected chi connectivity index (χ3v) is 5.87. The second-order valence-electron chi connectivity index (χ2n) is 8.89. The van der Waals surface area contributed by atoms with Gasteiger partial charge in [-0.15, -0.1) is 0 Å². The van der Waals surface area contributed by atoms with Gasteiger partial charge in [-0.25, -0.2) is 4.98 Å². The molecule has 4 rings (SSSR count). The Labute approximate surface area is 200 Å². The molecule has 0 bridgehead atoms. The Bertz CT molecular complexity index is 1060. The molecule has 0 radical (unpaired) electrons. The largest absolute Gasteiger partial charge is 0.479 e. The van der Waals surface area contributed by atoms with Crippen molar-refractivity contribution in [2.75, 3.05) is 40.0 Å². The molecule has 1 aliphatic heterocycles. The quantitative estimate of drug-likeness (QED) is 0.432. The fourth-order valence-electron chi connectivity index (χ4n) is 4.30. The van der Waals surface area contributed by atoms with Gasteiger partial charge < -0.3 is 28.6 Å². The monoisotopic (exact) mass is 470 g/mol. The van der Waals surface area contributed by atoms with Crippen molar-refractivity contribution in [3.05, 3.63) is 54.0 Å². The van der Waals surface area contributed by atoms with Gasteiger partial charge in [-0.05, 0) is 31.4 Å². The minimum absolute atomic E-state index is 0.0169. The molecule has 9 heteroatoms. The molecule has 1 aromatic carbocycles. The van der Waals surface area contributed by atoms with Crippen molar-refractivity contribution in [2.45, 2.75) is 45.5 Å². The van der Waals surface area contributed by atoms with E-state index in [1.54, 1.807) is 7.11 Å². The Morgan fingerprint density at radius 2 is 2.03 bits per heavy atom. The van der Waals surface area contributed by atoms with Crippen LogP contribution in [-0.2, 0) is 34.0 Å². The van der Waals surface area contributed by atoms with Crippen LogP contribution < -0.4 is 4.74 Å². The van der Waals surface area contributed by atoms with Gasteiger partial charge in [0.1, 0.15) is 18.6 Å². The van der Waals surface area contributed by atoms with Gasteiger partial charge in [0.25, 0.3) is 0 Å². The minimum atomic E-state index is -0.559. The smallest absolute Gasteiger partial charge is 0.241 e. The van der Waals surface area contributed by atoms with Crippen molar-refractivity contribution in [2.24, 2.45) is 0 Å². The highest BCUT2D eigenvalue weighted by Gasteiger charge is 2.33. The van der Waals surface area contributed by atoms with Crippen molar-refractivity contribution in [3.8, 4) is 5.88 Å². The number of hydrogen-bond acceptors (Lipinski definition) is 8. The fourth-order valence-corrected chi connectivity index (χ4v) is 4.30. The standard InChI is InChI=1S/C25H34N4O5/c1-25(2)33-16-21(34-25)14-28(11-12-30)10-9-20-13-29(18-32-15-19-7-5-4-6-8-19)23-22(20)26-17-27-24(23)31-3/h4-8,13,17,21,30H,9-12,14-16,18H2,1-3H3/t21-/m0/s1. The van der Waals surface area contributed by atoms with Crippen LogP contribution in [0, 0.1) is 0 Å². The average molecular weight is 471 g/mol. The number of aromatic nitrogens is 3. The number of rotatable bonds is 12. The summed E-state index contributed by atoms with van der Waals surface area (Å²) in [6, 6.07) is 10.1. The lowest BCUT2D eigenvalue weighted by Crippen LogP contribution is -2.37. The van der Waals surface area contributed by atoms with E-state index in [9.17, 15) is 5.11 Å². The summed E-state index contributed by atoms with van der Waals surface area (Å²) in [4.78, 5) is 11.0. The van der Waals surface area contributed by atoms with Crippen LogP contribution in [-0.4, -0.2) is 76.4 Å². The van der Waals surface area contributed by atoms with Crippen LogP contribution in [0.3, 0.4) is 0 Å². The Morgan fingerprint density at radius 1 is 1.21 bits per heavy atom. The molecule has 1 N–H and O–H groups in total. The van der Waals surface area contributed by atoms with Crippen molar-refractivity contribution >= 4 is 11.0 Å². The second kappa shape index (κ2) is 11.2. The van der Waals surface area contributed by atoms with Crippen LogP contribution in [0.2, 0.25) is 0 Å². The average Bonchev–Trinajstić information content (AvgIpc) is 3.37. The first-order valence-electron chi connectivity index (χ1n) is 11.6. The van der Waals surface area contributed by atoms with Crippen molar-refractivity contribution < 1.29 is 24.1 Å². The fraction of sp³-hybridized carbons (Fsp3) is 0.520. The predicted octanol–water partition coefficient (Wildman–Crippen LogP) is 2.60. The van der Waals surface area contributed by atoms with Crippen molar-refractivity contribution in [1.82, 2.24) is 19.4 Å². The summed E-state index contributed by atoms with van der Waals surface area (Å²) in [7, 11) is 1.61. The molecule has 2 aromatic heterocycles. The first-order valence-corrected chi connectivity index (χ1v) is 11.6. The lowest BCUT2D eigenvalue weighted by atomic mass is 10.2. The molecular formula is C25H34N4O5. The molecule has 0 amide bonds. The Morgan fingerprint density at radius 3 is 2.74 bits per heavy atom. The van der Waals surface area contributed by atoms with Gasteiger partial charge in [0, 0.05) is 25.8 Å². The van der Waals surface area contributed by atoms with Crippen LogP contribution in [0.5, 0.6) is 5.88 Å². The van der Waals surface area contributed by atoms with Crippen LogP contribution in [0.25, 0.3) is 11.0 Å². The van der Waals surface area contributed by atoms with Gasteiger partial charge in [-0.3, -0.25) is 4.90 Å². The number of methoxy groups -OCH3 is 1. The van der Waals surface area contributed by atoms with E-state index < -0.39 is 5.79 Å². The summed E-state index contributed by atoms with van der Waals surface area (Å²) >= 11 is 0. The number of aliphatic hydroxyl groups excluding tert-OH is 1. The van der Waals surface area contributed by atoms with Crippen LogP contribution in [0.15, 0.2) is 42.9 Å². The Balaban J connectivity index is 1.46. The topological polar surface area (TPSA) is 91.1 Å². The number of ether oxygens (including phenoxy) is 4. The molecule has 1 fully saturated rings. The maximum absolute atomic E-state index is 9.57. The number of benzene rings is 1. The predicted molar refractivity (Wildman–Crippen MR) is 127 cm³/mol. The molecule has 9 nitrogen and oxygen atoms in total.